The number of aryl methyl sites for hydroxylation is 1. The van der Waals surface area contributed by atoms with Crippen molar-refractivity contribution in [2.24, 2.45) is 0 Å². The fraction of sp³-hybridized carbons (Fsp3) is 0.474. The number of rotatable bonds is 4. The van der Waals surface area contributed by atoms with E-state index in [9.17, 15) is 8.42 Å². The minimum absolute atomic E-state index is 0.357. The summed E-state index contributed by atoms with van der Waals surface area (Å²) in [5, 5.41) is 0. The van der Waals surface area contributed by atoms with Crippen molar-refractivity contribution in [3.63, 3.8) is 0 Å². The van der Waals surface area contributed by atoms with Crippen molar-refractivity contribution < 1.29 is 8.42 Å². The summed E-state index contributed by atoms with van der Waals surface area (Å²) in [4.78, 5) is 14.0. The van der Waals surface area contributed by atoms with Gasteiger partial charge in [0.25, 0.3) is 0 Å². The SMILES string of the molecule is Cc1nc(N2CCCC2)cc(N2CCN(S(=O)(=O)c3ccc(I)cc3)CC2)n1. The first-order chi connectivity index (χ1) is 13.4. The summed E-state index contributed by atoms with van der Waals surface area (Å²) in [6, 6.07) is 9.06. The molecule has 9 heteroatoms. The molecule has 2 fully saturated rings. The summed E-state index contributed by atoms with van der Waals surface area (Å²) in [5.41, 5.74) is 0. The Morgan fingerprint density at radius 2 is 1.39 bits per heavy atom. The Morgan fingerprint density at radius 3 is 1.96 bits per heavy atom. The Bertz CT molecular complexity index is 937. The van der Waals surface area contributed by atoms with Crippen molar-refractivity contribution in [1.29, 1.82) is 0 Å². The predicted molar refractivity (Wildman–Crippen MR) is 118 cm³/mol. The third-order valence-corrected chi connectivity index (χ3v) is 7.89. The van der Waals surface area contributed by atoms with E-state index in [0.717, 1.165) is 34.1 Å². The van der Waals surface area contributed by atoms with Gasteiger partial charge in [-0.25, -0.2) is 18.4 Å². The van der Waals surface area contributed by atoms with Crippen LogP contribution in [-0.2, 0) is 10.0 Å². The van der Waals surface area contributed by atoms with E-state index in [-0.39, 0.29) is 0 Å². The quantitative estimate of drug-likeness (QED) is 0.586. The topological polar surface area (TPSA) is 69.6 Å². The molecule has 2 saturated heterocycles. The average Bonchev–Trinajstić information content (AvgIpc) is 3.23. The zero-order chi connectivity index (χ0) is 19.7. The normalized spacial score (nSPS) is 18.6. The molecule has 7 nitrogen and oxygen atoms in total. The van der Waals surface area contributed by atoms with Crippen LogP contribution >= 0.6 is 22.6 Å². The molecule has 1 aromatic heterocycles. The van der Waals surface area contributed by atoms with Gasteiger partial charge in [-0.05, 0) is 66.6 Å². The highest BCUT2D eigenvalue weighted by Crippen LogP contribution is 2.25. The monoisotopic (exact) mass is 513 g/mol. The molecule has 0 aliphatic carbocycles. The lowest BCUT2D eigenvalue weighted by Crippen LogP contribution is -2.49. The van der Waals surface area contributed by atoms with Crippen LogP contribution in [0.25, 0.3) is 0 Å². The lowest BCUT2D eigenvalue weighted by atomic mass is 10.3. The van der Waals surface area contributed by atoms with Gasteiger partial charge >= 0.3 is 0 Å². The van der Waals surface area contributed by atoms with Crippen LogP contribution in [0.4, 0.5) is 11.6 Å². The Hall–Kier alpha value is -1.46. The number of sulfonamides is 1. The lowest BCUT2D eigenvalue weighted by molar-refractivity contribution is 0.383. The van der Waals surface area contributed by atoms with Crippen LogP contribution in [0.5, 0.6) is 0 Å². The van der Waals surface area contributed by atoms with Crippen molar-refractivity contribution in [1.82, 2.24) is 14.3 Å². The summed E-state index contributed by atoms with van der Waals surface area (Å²) in [6.45, 7) is 6.15. The molecular formula is C19H24IN5O2S. The van der Waals surface area contributed by atoms with Crippen LogP contribution in [0.1, 0.15) is 18.7 Å². The number of hydrogen-bond acceptors (Lipinski definition) is 6. The molecule has 2 aliphatic heterocycles. The zero-order valence-electron chi connectivity index (χ0n) is 15.9. The highest BCUT2D eigenvalue weighted by molar-refractivity contribution is 14.1. The zero-order valence-corrected chi connectivity index (χ0v) is 18.9. The Morgan fingerprint density at radius 1 is 0.857 bits per heavy atom. The van der Waals surface area contributed by atoms with Gasteiger partial charge < -0.3 is 9.80 Å². The van der Waals surface area contributed by atoms with Crippen LogP contribution in [0, 0.1) is 10.5 Å². The Balaban J connectivity index is 1.47. The fourth-order valence-corrected chi connectivity index (χ4v) is 5.50. The number of aromatic nitrogens is 2. The predicted octanol–water partition coefficient (Wildman–Crippen LogP) is 2.50. The van der Waals surface area contributed by atoms with Crippen molar-refractivity contribution in [2.75, 3.05) is 49.1 Å². The van der Waals surface area contributed by atoms with Crippen molar-refractivity contribution in [2.45, 2.75) is 24.7 Å². The van der Waals surface area contributed by atoms with E-state index < -0.39 is 10.0 Å². The maximum atomic E-state index is 12.9. The highest BCUT2D eigenvalue weighted by Gasteiger charge is 2.29. The first kappa shape index (κ1) is 19.8. The molecular weight excluding hydrogens is 489 g/mol. The van der Waals surface area contributed by atoms with Crippen LogP contribution in [0.15, 0.2) is 35.2 Å². The fourth-order valence-electron chi connectivity index (χ4n) is 3.72. The molecule has 0 N–H and O–H groups in total. The van der Waals surface area contributed by atoms with Gasteiger partial charge in [0.2, 0.25) is 10.0 Å². The molecule has 4 rings (SSSR count). The van der Waals surface area contributed by atoms with Gasteiger partial charge in [0.05, 0.1) is 4.90 Å². The number of anilines is 2. The first-order valence-corrected chi connectivity index (χ1v) is 12.1. The molecule has 1 aromatic carbocycles. The van der Waals surface area contributed by atoms with E-state index in [1.807, 2.05) is 25.1 Å². The number of nitrogens with zero attached hydrogens (tertiary/aromatic N) is 5. The highest BCUT2D eigenvalue weighted by atomic mass is 127. The van der Waals surface area contributed by atoms with Crippen molar-refractivity contribution in [3.8, 4) is 0 Å². The molecule has 2 aliphatic rings. The Kier molecular flexibility index (Phi) is 5.75. The van der Waals surface area contributed by atoms with Crippen LogP contribution < -0.4 is 9.80 Å². The molecule has 0 atom stereocenters. The van der Waals surface area contributed by atoms with E-state index in [4.69, 9.17) is 0 Å². The minimum atomic E-state index is -3.45. The van der Waals surface area contributed by atoms with E-state index in [2.05, 4.69) is 42.4 Å². The van der Waals surface area contributed by atoms with Crippen LogP contribution in [0.2, 0.25) is 0 Å². The van der Waals surface area contributed by atoms with Crippen LogP contribution in [0.3, 0.4) is 0 Å². The molecule has 0 amide bonds. The van der Waals surface area contributed by atoms with E-state index in [0.29, 0.717) is 31.1 Å². The molecule has 150 valence electrons. The van der Waals surface area contributed by atoms with Gasteiger partial charge in [0.1, 0.15) is 17.5 Å². The summed E-state index contributed by atoms with van der Waals surface area (Å²) >= 11 is 2.18. The van der Waals surface area contributed by atoms with Gasteiger partial charge in [0.15, 0.2) is 0 Å². The molecule has 0 spiro atoms. The second kappa shape index (κ2) is 8.11. The summed E-state index contributed by atoms with van der Waals surface area (Å²) in [7, 11) is -3.45. The van der Waals surface area contributed by atoms with E-state index in [1.54, 1.807) is 16.4 Å². The smallest absolute Gasteiger partial charge is 0.243 e. The summed E-state index contributed by atoms with van der Waals surface area (Å²) in [6.07, 6.45) is 2.40. The van der Waals surface area contributed by atoms with Gasteiger partial charge in [-0.3, -0.25) is 0 Å². The molecule has 2 aromatic rings. The Labute approximate surface area is 180 Å². The maximum Gasteiger partial charge on any atom is 0.243 e. The molecule has 0 unspecified atom stereocenters. The van der Waals surface area contributed by atoms with E-state index in [1.165, 1.54) is 12.8 Å². The third-order valence-electron chi connectivity index (χ3n) is 5.26. The second-order valence-corrected chi connectivity index (χ2v) is 10.4. The minimum Gasteiger partial charge on any atom is -0.356 e. The standard InChI is InChI=1S/C19H24IN5O2S/c1-15-21-18(23-8-2-3-9-23)14-19(22-15)24-10-12-25(13-11-24)28(26,27)17-6-4-16(20)5-7-17/h4-7,14H,2-3,8-13H2,1H3. The summed E-state index contributed by atoms with van der Waals surface area (Å²) < 4.78 is 28.4. The molecule has 0 saturated carbocycles. The number of halogens is 1. The van der Waals surface area contributed by atoms with Crippen molar-refractivity contribution in [3.05, 3.63) is 39.7 Å². The number of piperazine rings is 1. The van der Waals surface area contributed by atoms with Gasteiger partial charge in [-0.2, -0.15) is 4.31 Å². The van der Waals surface area contributed by atoms with Crippen molar-refractivity contribution >= 4 is 44.2 Å². The summed E-state index contributed by atoms with van der Waals surface area (Å²) in [5.74, 6) is 2.63. The van der Waals surface area contributed by atoms with Crippen LogP contribution in [-0.4, -0.2) is 62.0 Å². The van der Waals surface area contributed by atoms with Gasteiger partial charge in [0, 0.05) is 48.9 Å². The molecule has 0 radical (unpaired) electrons. The average molecular weight is 513 g/mol. The number of benzene rings is 1. The first-order valence-electron chi connectivity index (χ1n) is 9.55. The molecule has 28 heavy (non-hydrogen) atoms. The maximum absolute atomic E-state index is 12.9. The molecule has 3 heterocycles. The largest absolute Gasteiger partial charge is 0.356 e. The van der Waals surface area contributed by atoms with Gasteiger partial charge in [-0.1, -0.05) is 0 Å². The third kappa shape index (κ3) is 4.11. The van der Waals surface area contributed by atoms with E-state index >= 15 is 0 Å². The molecule has 0 bridgehead atoms. The lowest BCUT2D eigenvalue weighted by Gasteiger charge is -2.35. The number of hydrogen-bond donors (Lipinski definition) is 0. The van der Waals surface area contributed by atoms with Gasteiger partial charge in [-0.15, -0.1) is 0 Å². The second-order valence-electron chi connectivity index (χ2n) is 7.17.